The van der Waals surface area contributed by atoms with Crippen molar-refractivity contribution in [3.63, 3.8) is 0 Å². The summed E-state index contributed by atoms with van der Waals surface area (Å²) in [5.74, 6) is 0. The molecule has 2 aromatic carbocycles. The van der Waals surface area contributed by atoms with Gasteiger partial charge >= 0.3 is 0 Å². The van der Waals surface area contributed by atoms with Gasteiger partial charge in [0.2, 0.25) is 0 Å². The van der Waals surface area contributed by atoms with Crippen LogP contribution < -0.4 is 0 Å². The average molecular weight is 329 g/mol. The molecule has 1 heteroatoms. The number of aryl methyl sites for hydroxylation is 1. The van der Waals surface area contributed by atoms with E-state index in [9.17, 15) is 0 Å². The van der Waals surface area contributed by atoms with Gasteiger partial charge in [-0.25, -0.2) is 0 Å². The molecule has 0 atom stereocenters. The van der Waals surface area contributed by atoms with Crippen molar-refractivity contribution in [1.82, 2.24) is 4.90 Å². The Labute approximate surface area is 152 Å². The van der Waals surface area contributed by atoms with Gasteiger partial charge in [0.15, 0.2) is 0 Å². The van der Waals surface area contributed by atoms with Gasteiger partial charge in [-0.2, -0.15) is 0 Å². The Morgan fingerprint density at radius 1 is 1.00 bits per heavy atom. The van der Waals surface area contributed by atoms with Crippen LogP contribution in [0.3, 0.4) is 0 Å². The van der Waals surface area contributed by atoms with Crippen molar-refractivity contribution >= 4 is 5.70 Å². The number of hydrogen-bond acceptors (Lipinski definition) is 1. The summed E-state index contributed by atoms with van der Waals surface area (Å²) in [6.45, 7) is 9.74. The van der Waals surface area contributed by atoms with E-state index in [2.05, 4.69) is 99.4 Å². The van der Waals surface area contributed by atoms with Crippen molar-refractivity contribution in [3.8, 4) is 11.1 Å². The summed E-state index contributed by atoms with van der Waals surface area (Å²) < 4.78 is 0. The quantitative estimate of drug-likeness (QED) is 0.612. The predicted octanol–water partition coefficient (Wildman–Crippen LogP) is 6.58. The van der Waals surface area contributed by atoms with Gasteiger partial charge in [0.1, 0.15) is 0 Å². The van der Waals surface area contributed by atoms with E-state index >= 15 is 0 Å². The van der Waals surface area contributed by atoms with Gasteiger partial charge in [-0.15, -0.1) is 0 Å². The minimum absolute atomic E-state index is 0.967. The molecule has 0 spiro atoms. The third-order valence-electron chi connectivity index (χ3n) is 4.89. The second-order valence-corrected chi connectivity index (χ2v) is 6.68. The maximum Gasteiger partial charge on any atom is 0.0487 e. The van der Waals surface area contributed by atoms with Crippen LogP contribution in [0.1, 0.15) is 38.3 Å². The lowest BCUT2D eigenvalue weighted by molar-refractivity contribution is 0.503. The first kappa shape index (κ1) is 17.3. The number of benzene rings is 2. The fourth-order valence-electron chi connectivity index (χ4n) is 3.45. The van der Waals surface area contributed by atoms with E-state index in [4.69, 9.17) is 0 Å². The molecule has 0 saturated carbocycles. The number of nitrogens with zero attached hydrogens (tertiary/aromatic N) is 1. The van der Waals surface area contributed by atoms with Crippen LogP contribution in [0, 0.1) is 6.92 Å². The highest BCUT2D eigenvalue weighted by Gasteiger charge is 2.19. The second kappa shape index (κ2) is 7.57. The standard InChI is InChI=1S/C24H27N/c1-5-22(6-2)25-17-18(3)12-15-24(25)23-16-21(14-13-19(23)4)20-10-8-7-9-11-20/h5,7-16H,6,17H2,1-4H3. The van der Waals surface area contributed by atoms with Crippen LogP contribution in [-0.4, -0.2) is 11.4 Å². The van der Waals surface area contributed by atoms with Gasteiger partial charge in [0.05, 0.1) is 0 Å². The zero-order valence-corrected chi connectivity index (χ0v) is 15.7. The molecule has 1 aliphatic heterocycles. The normalized spacial score (nSPS) is 15.0. The maximum absolute atomic E-state index is 2.46. The van der Waals surface area contributed by atoms with E-state index in [0.717, 1.165) is 13.0 Å². The fraction of sp³-hybridized carbons (Fsp3) is 0.250. The molecule has 0 amide bonds. The highest BCUT2D eigenvalue weighted by atomic mass is 15.2. The van der Waals surface area contributed by atoms with E-state index in [1.165, 1.54) is 39.2 Å². The molecule has 0 aromatic heterocycles. The average Bonchev–Trinajstić information content (AvgIpc) is 2.64. The zero-order valence-electron chi connectivity index (χ0n) is 15.7. The van der Waals surface area contributed by atoms with Crippen molar-refractivity contribution in [1.29, 1.82) is 0 Å². The third-order valence-corrected chi connectivity index (χ3v) is 4.89. The number of hydrogen-bond donors (Lipinski definition) is 0. The van der Waals surface area contributed by atoms with E-state index in [1.54, 1.807) is 0 Å². The first-order chi connectivity index (χ1) is 12.1. The highest BCUT2D eigenvalue weighted by Crippen LogP contribution is 2.33. The summed E-state index contributed by atoms with van der Waals surface area (Å²) in [6.07, 6.45) is 7.81. The monoisotopic (exact) mass is 329 g/mol. The smallest absolute Gasteiger partial charge is 0.0487 e. The van der Waals surface area contributed by atoms with Crippen LogP contribution in [0.15, 0.2) is 78.0 Å². The molecule has 128 valence electrons. The van der Waals surface area contributed by atoms with E-state index in [1.807, 2.05) is 0 Å². The van der Waals surface area contributed by atoms with E-state index in [-0.39, 0.29) is 0 Å². The first-order valence-corrected chi connectivity index (χ1v) is 9.10. The van der Waals surface area contributed by atoms with Crippen molar-refractivity contribution in [2.45, 2.75) is 34.1 Å². The number of rotatable bonds is 4. The molecule has 1 aliphatic rings. The summed E-state index contributed by atoms with van der Waals surface area (Å²) in [7, 11) is 0. The Morgan fingerprint density at radius 2 is 1.76 bits per heavy atom. The largest absolute Gasteiger partial charge is 0.341 e. The minimum Gasteiger partial charge on any atom is -0.341 e. The predicted molar refractivity (Wildman–Crippen MR) is 109 cm³/mol. The van der Waals surface area contributed by atoms with Gasteiger partial charge in [0.25, 0.3) is 0 Å². The Bertz CT molecular complexity index is 838. The maximum atomic E-state index is 2.46. The molecule has 0 saturated heterocycles. The molecule has 2 aromatic rings. The van der Waals surface area contributed by atoms with Crippen LogP contribution in [0.5, 0.6) is 0 Å². The lowest BCUT2D eigenvalue weighted by Gasteiger charge is -2.33. The summed E-state index contributed by atoms with van der Waals surface area (Å²) >= 11 is 0. The molecular weight excluding hydrogens is 302 g/mol. The Kier molecular flexibility index (Phi) is 5.23. The molecule has 3 rings (SSSR count). The van der Waals surface area contributed by atoms with Crippen LogP contribution in [0.4, 0.5) is 0 Å². The van der Waals surface area contributed by atoms with Crippen molar-refractivity contribution in [2.24, 2.45) is 0 Å². The molecule has 0 radical (unpaired) electrons. The molecule has 0 fully saturated rings. The number of allylic oxidation sites excluding steroid dienone is 4. The second-order valence-electron chi connectivity index (χ2n) is 6.68. The molecule has 25 heavy (non-hydrogen) atoms. The van der Waals surface area contributed by atoms with Crippen molar-refractivity contribution < 1.29 is 0 Å². The summed E-state index contributed by atoms with van der Waals surface area (Å²) in [5, 5.41) is 0. The van der Waals surface area contributed by atoms with Gasteiger partial charge < -0.3 is 4.90 Å². The van der Waals surface area contributed by atoms with Gasteiger partial charge in [-0.1, -0.05) is 67.1 Å². The molecule has 0 unspecified atom stereocenters. The molecule has 1 nitrogen and oxygen atoms in total. The highest BCUT2D eigenvalue weighted by molar-refractivity contribution is 5.76. The summed E-state index contributed by atoms with van der Waals surface area (Å²) in [6, 6.07) is 17.4. The van der Waals surface area contributed by atoms with Crippen molar-refractivity contribution in [3.05, 3.63) is 89.2 Å². The van der Waals surface area contributed by atoms with Gasteiger partial charge in [-0.3, -0.25) is 0 Å². The summed E-state index contributed by atoms with van der Waals surface area (Å²) in [4.78, 5) is 2.46. The molecule has 0 aliphatic carbocycles. The summed E-state index contributed by atoms with van der Waals surface area (Å²) in [5.41, 5.74) is 9.24. The van der Waals surface area contributed by atoms with Crippen LogP contribution >= 0.6 is 0 Å². The van der Waals surface area contributed by atoms with Crippen molar-refractivity contribution in [2.75, 3.05) is 6.54 Å². The fourth-order valence-corrected chi connectivity index (χ4v) is 3.45. The molecule has 0 N–H and O–H groups in total. The third kappa shape index (κ3) is 3.61. The van der Waals surface area contributed by atoms with Gasteiger partial charge in [-0.05, 0) is 56.0 Å². The van der Waals surface area contributed by atoms with E-state index in [0.29, 0.717) is 0 Å². The minimum atomic E-state index is 0.967. The lowest BCUT2D eigenvalue weighted by atomic mass is 9.95. The van der Waals surface area contributed by atoms with Crippen LogP contribution in [0.2, 0.25) is 0 Å². The Balaban J connectivity index is 2.10. The van der Waals surface area contributed by atoms with Gasteiger partial charge in [0, 0.05) is 23.5 Å². The SMILES string of the molecule is CC=C(CC)N1CC(C)=CC=C1c1cc(-c2ccccc2)ccc1C. The Hall–Kier alpha value is -2.54. The van der Waals surface area contributed by atoms with Crippen LogP contribution in [0.25, 0.3) is 16.8 Å². The zero-order chi connectivity index (χ0) is 17.8. The first-order valence-electron chi connectivity index (χ1n) is 9.10. The molecule has 1 heterocycles. The lowest BCUT2D eigenvalue weighted by Crippen LogP contribution is -2.25. The molecular formula is C24H27N. The Morgan fingerprint density at radius 3 is 2.44 bits per heavy atom. The molecule has 0 bridgehead atoms. The topological polar surface area (TPSA) is 3.24 Å². The van der Waals surface area contributed by atoms with E-state index < -0.39 is 0 Å². The van der Waals surface area contributed by atoms with Crippen LogP contribution in [-0.2, 0) is 0 Å².